The fourth-order valence-corrected chi connectivity index (χ4v) is 2.35. The molecule has 0 aromatic heterocycles. The zero-order valence-corrected chi connectivity index (χ0v) is 14.2. The molecule has 1 N–H and O–H groups in total. The molecule has 1 saturated heterocycles. The second-order valence-corrected chi connectivity index (χ2v) is 6.48. The third-order valence-electron chi connectivity index (χ3n) is 3.34. The Morgan fingerprint density at radius 1 is 1.50 bits per heavy atom. The molecule has 22 heavy (non-hydrogen) atoms. The Hall–Kier alpha value is -1.55. The van der Waals surface area contributed by atoms with E-state index in [1.165, 1.54) is 0 Å². The van der Waals surface area contributed by atoms with Gasteiger partial charge < -0.3 is 14.8 Å². The molecule has 0 bridgehead atoms. The summed E-state index contributed by atoms with van der Waals surface area (Å²) in [5.74, 6) is 0. The molecule has 1 rings (SSSR count). The molecule has 0 aliphatic carbocycles. The maximum Gasteiger partial charge on any atom is 0.407 e. The predicted molar refractivity (Wildman–Crippen MR) is 89.8 cm³/mol. The number of carbonyl (C=O) groups is 1. The first-order valence-corrected chi connectivity index (χ1v) is 7.91. The van der Waals surface area contributed by atoms with Gasteiger partial charge in [-0.3, -0.25) is 0 Å². The van der Waals surface area contributed by atoms with Crippen LogP contribution in [0.5, 0.6) is 0 Å². The molecular weight excluding hydrogens is 278 g/mol. The number of hydrogen-bond donors (Lipinski definition) is 1. The van der Waals surface area contributed by atoms with Crippen molar-refractivity contribution in [2.24, 2.45) is 0 Å². The highest BCUT2D eigenvalue weighted by Gasteiger charge is 2.29. The van der Waals surface area contributed by atoms with Gasteiger partial charge in [0.2, 0.25) is 0 Å². The summed E-state index contributed by atoms with van der Waals surface area (Å²) in [7, 11) is 0. The van der Waals surface area contributed by atoms with Gasteiger partial charge in [-0.25, -0.2) is 4.79 Å². The summed E-state index contributed by atoms with van der Waals surface area (Å²) in [6.45, 7) is 12.1. The molecule has 2 unspecified atom stereocenters. The molecule has 2 atom stereocenters. The Kier molecular flexibility index (Phi) is 7.39. The fourth-order valence-electron chi connectivity index (χ4n) is 2.35. The van der Waals surface area contributed by atoms with Gasteiger partial charge in [-0.05, 0) is 52.5 Å². The number of allylic oxidation sites excluding steroid dienone is 4. The van der Waals surface area contributed by atoms with E-state index in [2.05, 4.69) is 11.9 Å². The number of carbonyl (C=O) groups excluding carboxylic acids is 1. The molecule has 0 saturated carbocycles. The lowest BCUT2D eigenvalue weighted by molar-refractivity contribution is 0.0368. The molecule has 0 radical (unpaired) electrons. The molecule has 1 fully saturated rings. The van der Waals surface area contributed by atoms with Crippen LogP contribution in [0.1, 0.15) is 47.0 Å². The zero-order valence-electron chi connectivity index (χ0n) is 14.2. The van der Waals surface area contributed by atoms with Crippen molar-refractivity contribution in [2.45, 2.75) is 64.7 Å². The van der Waals surface area contributed by atoms with Gasteiger partial charge in [0.05, 0.1) is 12.1 Å². The van der Waals surface area contributed by atoms with E-state index in [0.29, 0.717) is 6.42 Å². The molecule has 0 aromatic carbocycles. The molecule has 0 aromatic rings. The van der Waals surface area contributed by atoms with E-state index < -0.39 is 11.7 Å². The number of rotatable bonds is 6. The van der Waals surface area contributed by atoms with Crippen LogP contribution in [-0.2, 0) is 9.47 Å². The Morgan fingerprint density at radius 3 is 2.73 bits per heavy atom. The van der Waals surface area contributed by atoms with Crippen molar-refractivity contribution < 1.29 is 14.3 Å². The molecule has 1 aliphatic heterocycles. The average molecular weight is 307 g/mol. The molecule has 1 amide bonds. The Balaban J connectivity index is 2.75. The lowest BCUT2D eigenvalue weighted by atomic mass is 9.99. The van der Waals surface area contributed by atoms with Gasteiger partial charge in [-0.15, -0.1) is 0 Å². The smallest absolute Gasteiger partial charge is 0.407 e. The molecule has 1 aliphatic rings. The Bertz CT molecular complexity index is 426. The van der Waals surface area contributed by atoms with Crippen molar-refractivity contribution in [3.63, 3.8) is 0 Å². The highest BCUT2D eigenvalue weighted by Crippen LogP contribution is 2.21. The van der Waals surface area contributed by atoms with Gasteiger partial charge in [0.15, 0.2) is 0 Å². The molecule has 1 heterocycles. The number of amides is 1. The van der Waals surface area contributed by atoms with E-state index >= 15 is 0 Å². The van der Waals surface area contributed by atoms with Crippen molar-refractivity contribution >= 4 is 6.09 Å². The van der Waals surface area contributed by atoms with Crippen LogP contribution >= 0.6 is 0 Å². The largest absolute Gasteiger partial charge is 0.444 e. The van der Waals surface area contributed by atoms with Crippen molar-refractivity contribution in [3.8, 4) is 0 Å². The SMILES string of the molecule is C=C/C(=C\C=C/C)CC(NC(=O)OC(C)(C)C)C1CCCO1. The summed E-state index contributed by atoms with van der Waals surface area (Å²) in [6, 6.07) is -0.105. The summed E-state index contributed by atoms with van der Waals surface area (Å²) in [6.07, 6.45) is 10.0. The highest BCUT2D eigenvalue weighted by atomic mass is 16.6. The number of hydrogen-bond acceptors (Lipinski definition) is 3. The lowest BCUT2D eigenvalue weighted by Gasteiger charge is -2.27. The van der Waals surface area contributed by atoms with E-state index in [9.17, 15) is 4.79 Å². The van der Waals surface area contributed by atoms with Crippen molar-refractivity contribution in [2.75, 3.05) is 6.61 Å². The zero-order chi connectivity index (χ0) is 16.6. The van der Waals surface area contributed by atoms with Crippen molar-refractivity contribution in [1.82, 2.24) is 5.32 Å². The fraction of sp³-hybridized carbons (Fsp3) is 0.611. The lowest BCUT2D eigenvalue weighted by Crippen LogP contribution is -2.45. The van der Waals surface area contributed by atoms with E-state index in [1.807, 2.05) is 52.0 Å². The summed E-state index contributed by atoms with van der Waals surface area (Å²) in [5.41, 5.74) is 0.558. The second-order valence-electron chi connectivity index (χ2n) is 6.48. The molecular formula is C18H29NO3. The predicted octanol–water partition coefficient (Wildman–Crippen LogP) is 4.14. The van der Waals surface area contributed by atoms with Crippen LogP contribution in [0.2, 0.25) is 0 Å². The van der Waals surface area contributed by atoms with Gasteiger partial charge in [-0.1, -0.05) is 30.9 Å². The quantitative estimate of drug-likeness (QED) is 0.750. The third-order valence-corrected chi connectivity index (χ3v) is 3.34. The van der Waals surface area contributed by atoms with E-state index in [1.54, 1.807) is 0 Å². The Morgan fingerprint density at radius 2 is 2.23 bits per heavy atom. The second kappa shape index (κ2) is 8.79. The minimum atomic E-state index is -0.507. The molecule has 4 heteroatoms. The normalized spacial score (nSPS) is 20.9. The summed E-state index contributed by atoms with van der Waals surface area (Å²) < 4.78 is 11.1. The van der Waals surface area contributed by atoms with Crippen molar-refractivity contribution in [1.29, 1.82) is 0 Å². The highest BCUT2D eigenvalue weighted by molar-refractivity contribution is 5.68. The standard InChI is InChI=1S/C18H29NO3/c1-6-8-10-14(7-2)13-15(16-11-9-12-21-16)19-17(20)22-18(3,4)5/h6-8,10,15-16H,2,9,11-13H2,1,3-5H3,(H,19,20)/b8-6-,14-10+. The molecule has 4 nitrogen and oxygen atoms in total. The maximum absolute atomic E-state index is 12.1. The maximum atomic E-state index is 12.1. The van der Waals surface area contributed by atoms with Crippen LogP contribution < -0.4 is 5.32 Å². The first-order chi connectivity index (χ1) is 10.4. The topological polar surface area (TPSA) is 47.6 Å². The van der Waals surface area contributed by atoms with E-state index in [-0.39, 0.29) is 12.1 Å². The van der Waals surface area contributed by atoms with Crippen LogP contribution in [0.3, 0.4) is 0 Å². The van der Waals surface area contributed by atoms with E-state index in [4.69, 9.17) is 9.47 Å². The first kappa shape index (κ1) is 18.5. The van der Waals surface area contributed by atoms with Gasteiger partial charge in [0, 0.05) is 6.61 Å². The van der Waals surface area contributed by atoms with Gasteiger partial charge >= 0.3 is 6.09 Å². The monoisotopic (exact) mass is 307 g/mol. The summed E-state index contributed by atoms with van der Waals surface area (Å²) in [4.78, 5) is 12.1. The van der Waals surface area contributed by atoms with Gasteiger partial charge in [-0.2, -0.15) is 0 Å². The summed E-state index contributed by atoms with van der Waals surface area (Å²) in [5, 5.41) is 2.96. The first-order valence-electron chi connectivity index (χ1n) is 7.91. The Labute approximate surface area is 134 Å². The van der Waals surface area contributed by atoms with Gasteiger partial charge in [0.1, 0.15) is 5.60 Å². The minimum Gasteiger partial charge on any atom is -0.444 e. The minimum absolute atomic E-state index is 0.0291. The van der Waals surface area contributed by atoms with Crippen LogP contribution in [0.25, 0.3) is 0 Å². The van der Waals surface area contributed by atoms with Crippen LogP contribution in [-0.4, -0.2) is 30.4 Å². The molecule has 0 spiro atoms. The van der Waals surface area contributed by atoms with Crippen LogP contribution in [0.15, 0.2) is 36.5 Å². The average Bonchev–Trinajstić information content (AvgIpc) is 2.94. The number of alkyl carbamates (subject to hydrolysis) is 1. The van der Waals surface area contributed by atoms with Gasteiger partial charge in [0.25, 0.3) is 0 Å². The number of nitrogens with one attached hydrogen (secondary N) is 1. The van der Waals surface area contributed by atoms with Crippen molar-refractivity contribution in [3.05, 3.63) is 36.5 Å². The van der Waals surface area contributed by atoms with Crippen LogP contribution in [0.4, 0.5) is 4.79 Å². The third kappa shape index (κ3) is 6.94. The number of ether oxygens (including phenoxy) is 2. The van der Waals surface area contributed by atoms with Crippen LogP contribution in [0, 0.1) is 0 Å². The molecule has 124 valence electrons. The van der Waals surface area contributed by atoms with E-state index in [0.717, 1.165) is 25.0 Å². The summed E-state index contributed by atoms with van der Waals surface area (Å²) >= 11 is 0.